The van der Waals surface area contributed by atoms with E-state index in [2.05, 4.69) is 87.1 Å². The van der Waals surface area contributed by atoms with Crippen molar-refractivity contribution in [3.8, 4) is 11.5 Å². The van der Waals surface area contributed by atoms with Gasteiger partial charge in [0, 0.05) is 19.4 Å². The number of para-hydroxylation sites is 1. The zero-order valence-electron chi connectivity index (χ0n) is 26.1. The molecule has 5 nitrogen and oxygen atoms in total. The molecular formula is C36H40CuN2O3SSi-3. The summed E-state index contributed by atoms with van der Waals surface area (Å²) < 4.78 is 36.7. The van der Waals surface area contributed by atoms with Crippen LogP contribution in [0.3, 0.4) is 0 Å². The van der Waals surface area contributed by atoms with Crippen LogP contribution in [0.4, 0.5) is 11.4 Å². The van der Waals surface area contributed by atoms with Gasteiger partial charge >= 0.3 is 17.1 Å². The largest absolute Gasteiger partial charge is 1.00 e. The first-order valence-corrected chi connectivity index (χ1v) is 18.7. The van der Waals surface area contributed by atoms with Crippen LogP contribution in [-0.4, -0.2) is 21.0 Å². The first-order chi connectivity index (χ1) is 19.9. The van der Waals surface area contributed by atoms with E-state index in [1.165, 1.54) is 6.07 Å². The van der Waals surface area contributed by atoms with Crippen LogP contribution >= 0.6 is 0 Å². The minimum atomic E-state index is -4.68. The molecule has 1 fully saturated rings. The quantitative estimate of drug-likeness (QED) is 0.0925. The van der Waals surface area contributed by atoms with Gasteiger partial charge in [0.25, 0.3) is 0 Å². The molecule has 0 aliphatic carbocycles. The predicted molar refractivity (Wildman–Crippen MR) is 181 cm³/mol. The van der Waals surface area contributed by atoms with Crippen LogP contribution in [0.15, 0.2) is 108 Å². The van der Waals surface area contributed by atoms with Crippen molar-refractivity contribution in [2.45, 2.75) is 50.5 Å². The Bertz CT molecular complexity index is 1660. The molecule has 1 aliphatic rings. The zero-order valence-corrected chi connectivity index (χ0v) is 28.8. The Morgan fingerprint density at radius 3 is 1.66 bits per heavy atom. The number of hydrogen-bond acceptors (Lipinski definition) is 5. The summed E-state index contributed by atoms with van der Waals surface area (Å²) in [5.74, 6) is 2.67. The third kappa shape index (κ3) is 9.04. The van der Waals surface area contributed by atoms with E-state index in [0.717, 1.165) is 27.9 Å². The molecule has 0 spiro atoms. The minimum Gasteiger partial charge on any atom is -0.744 e. The summed E-state index contributed by atoms with van der Waals surface area (Å²) in [6, 6.07) is 32.5. The Kier molecular flexibility index (Phi) is 13.0. The number of rotatable bonds is 5. The maximum Gasteiger partial charge on any atom is 1.00 e. The molecule has 5 rings (SSSR count). The molecule has 0 aromatic heterocycles. The minimum absolute atomic E-state index is 0. The Hall–Kier alpha value is -3.44. The van der Waals surface area contributed by atoms with Crippen molar-refractivity contribution >= 4 is 29.6 Å². The van der Waals surface area contributed by atoms with Crippen LogP contribution in [0.1, 0.15) is 34.3 Å². The Morgan fingerprint density at radius 1 is 0.773 bits per heavy atom. The molecule has 0 N–H and O–H groups in total. The van der Waals surface area contributed by atoms with E-state index in [1.807, 2.05) is 60.1 Å². The maximum absolute atomic E-state index is 12.2. The van der Waals surface area contributed by atoms with Crippen LogP contribution in [0, 0.1) is 46.3 Å². The van der Waals surface area contributed by atoms with Gasteiger partial charge in [-0.15, -0.1) is 0 Å². The standard InChI is InChI=1S/C29H27N2O3S.C6H11Si.CH3.Cu/c1-21-17-22(2)19-25(18-21)30-20-31(26-15-9-10-16-27(26)35(32,33)34)29(24-13-7-4-8-14-24)28(30)23-11-5-3-6-12-23;1-5-6-7(2,3)4;;/h3-20,28-29H,1-2H3,(H,32,33,34);1H2,2-4H3;1H3;/q3*-1;+1/p-1/t28-,29-;;;/m0.../s1. The molecule has 2 atom stereocenters. The molecule has 44 heavy (non-hydrogen) atoms. The maximum atomic E-state index is 12.2. The second-order valence-corrected chi connectivity index (χ2v) is 17.6. The van der Waals surface area contributed by atoms with Gasteiger partial charge in [-0.2, -0.15) is 13.6 Å². The van der Waals surface area contributed by atoms with E-state index >= 15 is 0 Å². The van der Waals surface area contributed by atoms with Gasteiger partial charge in [0.15, 0.2) is 0 Å². The molecule has 4 aromatic carbocycles. The van der Waals surface area contributed by atoms with E-state index in [9.17, 15) is 13.0 Å². The van der Waals surface area contributed by atoms with Crippen molar-refractivity contribution in [2.24, 2.45) is 0 Å². The van der Waals surface area contributed by atoms with Crippen LogP contribution in [0.25, 0.3) is 0 Å². The average molecular weight is 672 g/mol. The van der Waals surface area contributed by atoms with E-state index in [4.69, 9.17) is 0 Å². The number of hydrogen-bond donors (Lipinski definition) is 0. The van der Waals surface area contributed by atoms with Crippen LogP contribution < -0.4 is 9.80 Å². The third-order valence-electron chi connectivity index (χ3n) is 6.81. The molecule has 1 saturated heterocycles. The fourth-order valence-electron chi connectivity index (χ4n) is 5.25. The number of nitrogens with zero attached hydrogens (tertiary/aromatic N) is 2. The molecule has 0 amide bonds. The van der Waals surface area contributed by atoms with Crippen LogP contribution in [-0.2, 0) is 27.2 Å². The zero-order chi connectivity index (χ0) is 30.5. The molecule has 1 aliphatic heterocycles. The van der Waals surface area contributed by atoms with Crippen molar-refractivity contribution in [3.05, 3.63) is 146 Å². The summed E-state index contributed by atoms with van der Waals surface area (Å²) in [5, 5.41) is 0. The molecule has 0 saturated carbocycles. The summed E-state index contributed by atoms with van der Waals surface area (Å²) in [6.45, 7) is 16.1. The monoisotopic (exact) mass is 671 g/mol. The SMILES string of the molecule is Cc1cc(C)cc(N2[CH-]N(c3ccccc3S(=O)(=O)[O-])[C@@H](c3ccccc3)[C@@H]2c2ccccc2)c1.[CH2-]C#C[Si](C)(C)C.[CH3-].[Cu+]. The van der Waals surface area contributed by atoms with Gasteiger partial charge in [-0.25, -0.2) is 8.42 Å². The first-order valence-electron chi connectivity index (χ1n) is 13.8. The van der Waals surface area contributed by atoms with Crippen molar-refractivity contribution < 1.29 is 30.0 Å². The molecule has 1 heterocycles. The van der Waals surface area contributed by atoms with Gasteiger partial charge in [-0.05, 0) is 60.4 Å². The van der Waals surface area contributed by atoms with Crippen molar-refractivity contribution in [1.82, 2.24) is 0 Å². The summed E-state index contributed by atoms with van der Waals surface area (Å²) in [5.41, 5.74) is 8.80. The molecule has 4 aromatic rings. The smallest absolute Gasteiger partial charge is 0.744 e. The average Bonchev–Trinajstić information content (AvgIpc) is 3.33. The number of anilines is 2. The van der Waals surface area contributed by atoms with Gasteiger partial charge in [0.2, 0.25) is 0 Å². The van der Waals surface area contributed by atoms with Crippen molar-refractivity contribution in [2.75, 3.05) is 9.80 Å². The van der Waals surface area contributed by atoms with E-state index in [1.54, 1.807) is 18.2 Å². The Morgan fingerprint density at radius 2 is 1.23 bits per heavy atom. The first kappa shape index (κ1) is 36.7. The molecule has 8 heteroatoms. The van der Waals surface area contributed by atoms with Gasteiger partial charge in [0.05, 0.1) is 17.0 Å². The fraction of sp³-hybridized carbons (Fsp3) is 0.194. The van der Waals surface area contributed by atoms with Crippen LogP contribution in [0.5, 0.6) is 0 Å². The molecular weight excluding hydrogens is 632 g/mol. The number of benzene rings is 4. The Labute approximate surface area is 276 Å². The van der Waals surface area contributed by atoms with Gasteiger partial charge in [0.1, 0.15) is 10.1 Å². The van der Waals surface area contributed by atoms with E-state index in [-0.39, 0.29) is 41.5 Å². The molecule has 0 bridgehead atoms. The van der Waals surface area contributed by atoms with E-state index < -0.39 is 18.2 Å². The van der Waals surface area contributed by atoms with Crippen LogP contribution in [0.2, 0.25) is 19.6 Å². The number of aryl methyl sites for hydroxylation is 2. The topological polar surface area (TPSA) is 63.7 Å². The second kappa shape index (κ2) is 15.5. The summed E-state index contributed by atoms with van der Waals surface area (Å²) in [6.07, 6.45) is 0. The summed E-state index contributed by atoms with van der Waals surface area (Å²) in [7, 11) is -5.77. The van der Waals surface area contributed by atoms with Gasteiger partial charge in [-0.1, -0.05) is 98.5 Å². The molecule has 0 unspecified atom stereocenters. The fourth-order valence-corrected chi connectivity index (χ4v) is 6.46. The second-order valence-electron chi connectivity index (χ2n) is 11.5. The van der Waals surface area contributed by atoms with Gasteiger partial charge in [-0.3, -0.25) is 5.92 Å². The van der Waals surface area contributed by atoms with E-state index in [0.29, 0.717) is 5.69 Å². The molecule has 0 radical (unpaired) electrons. The predicted octanol–water partition coefficient (Wildman–Crippen LogP) is 8.29. The molecule has 236 valence electrons. The van der Waals surface area contributed by atoms with Crippen molar-refractivity contribution in [3.63, 3.8) is 0 Å². The summed E-state index contributed by atoms with van der Waals surface area (Å²) >= 11 is 0. The normalized spacial score (nSPS) is 16.0. The van der Waals surface area contributed by atoms with Gasteiger partial charge < -0.3 is 27.3 Å². The summed E-state index contributed by atoms with van der Waals surface area (Å²) in [4.78, 5) is 3.88. The Balaban J connectivity index is 0.000000674. The third-order valence-corrected chi connectivity index (χ3v) is 8.62. The van der Waals surface area contributed by atoms with Crippen molar-refractivity contribution in [1.29, 1.82) is 0 Å².